The SMILES string of the molecule is [Na+].[O-]c1c(Cl)c(Cl)c(Cl)c(Cl)c1Cl. The van der Waals surface area contributed by atoms with Crippen molar-refractivity contribution in [2.24, 2.45) is 0 Å². The summed E-state index contributed by atoms with van der Waals surface area (Å²) in [7, 11) is 0. The van der Waals surface area contributed by atoms with E-state index in [0.717, 1.165) is 0 Å². The van der Waals surface area contributed by atoms with Crippen LogP contribution in [0.3, 0.4) is 0 Å². The molecule has 0 fully saturated rings. The van der Waals surface area contributed by atoms with Gasteiger partial charge in [0.2, 0.25) is 0 Å². The second kappa shape index (κ2) is 5.53. The van der Waals surface area contributed by atoms with Gasteiger partial charge in [-0.15, -0.1) is 0 Å². The first-order valence-electron chi connectivity index (χ1n) is 2.65. The summed E-state index contributed by atoms with van der Waals surface area (Å²) in [6.07, 6.45) is 0. The molecule has 0 atom stereocenters. The van der Waals surface area contributed by atoms with Crippen molar-refractivity contribution in [1.29, 1.82) is 0 Å². The molecule has 66 valence electrons. The van der Waals surface area contributed by atoms with Gasteiger partial charge in [-0.25, -0.2) is 0 Å². The van der Waals surface area contributed by atoms with E-state index in [1.54, 1.807) is 0 Å². The van der Waals surface area contributed by atoms with Gasteiger partial charge >= 0.3 is 29.6 Å². The Morgan fingerprint density at radius 1 is 0.615 bits per heavy atom. The molecule has 1 rings (SSSR count). The molecule has 0 radical (unpaired) electrons. The van der Waals surface area contributed by atoms with Gasteiger partial charge in [0.15, 0.2) is 0 Å². The molecule has 0 aliphatic carbocycles. The Morgan fingerprint density at radius 2 is 0.846 bits per heavy atom. The molecule has 0 saturated carbocycles. The second-order valence-electron chi connectivity index (χ2n) is 1.90. The molecule has 0 aliphatic rings. The van der Waals surface area contributed by atoms with E-state index in [0.29, 0.717) is 0 Å². The summed E-state index contributed by atoms with van der Waals surface area (Å²) in [6.45, 7) is 0. The van der Waals surface area contributed by atoms with Crippen LogP contribution in [0.2, 0.25) is 25.1 Å². The Kier molecular flexibility index (Phi) is 6.15. The molecule has 1 aromatic rings. The summed E-state index contributed by atoms with van der Waals surface area (Å²) in [5, 5.41) is 10.5. The first-order chi connectivity index (χ1) is 5.46. The second-order valence-corrected chi connectivity index (χ2v) is 3.79. The molecule has 0 heterocycles. The smallest absolute Gasteiger partial charge is 0.870 e. The summed E-state index contributed by atoms with van der Waals surface area (Å²) in [6, 6.07) is 0. The predicted molar refractivity (Wildman–Crippen MR) is 50.9 cm³/mol. The predicted octanol–water partition coefficient (Wildman–Crippen LogP) is 1.03. The average molecular weight is 288 g/mol. The van der Waals surface area contributed by atoms with Gasteiger partial charge in [-0.05, 0) is 0 Å². The van der Waals surface area contributed by atoms with Crippen LogP contribution in [0.4, 0.5) is 0 Å². The molecular weight excluding hydrogens is 288 g/mol. The molecule has 0 aromatic heterocycles. The van der Waals surface area contributed by atoms with Crippen LogP contribution in [0.25, 0.3) is 0 Å². The topological polar surface area (TPSA) is 23.1 Å². The van der Waals surface area contributed by atoms with Gasteiger partial charge in [-0.3, -0.25) is 0 Å². The van der Waals surface area contributed by atoms with E-state index in [1.807, 2.05) is 0 Å². The fourth-order valence-corrected chi connectivity index (χ4v) is 1.71. The Balaban J connectivity index is 0.00000144. The van der Waals surface area contributed by atoms with E-state index in [2.05, 4.69) is 0 Å². The summed E-state index contributed by atoms with van der Waals surface area (Å²) in [5.41, 5.74) is 0. The number of hydrogen-bond acceptors (Lipinski definition) is 1. The standard InChI is InChI=1S/C6HCl5O.Na/c7-1-2(8)4(10)6(12)5(11)3(1)9;/h12H;/q;+1/p-1. The monoisotopic (exact) mass is 286 g/mol. The molecule has 0 unspecified atom stereocenters. The van der Waals surface area contributed by atoms with E-state index in [9.17, 15) is 5.11 Å². The van der Waals surface area contributed by atoms with Crippen LogP contribution >= 0.6 is 58.0 Å². The van der Waals surface area contributed by atoms with Crippen molar-refractivity contribution < 1.29 is 34.7 Å². The molecule has 13 heavy (non-hydrogen) atoms. The molecular formula is C6Cl5NaO. The van der Waals surface area contributed by atoms with Crippen molar-refractivity contribution in [1.82, 2.24) is 0 Å². The third kappa shape index (κ3) is 2.73. The van der Waals surface area contributed by atoms with Crippen LogP contribution in [0.5, 0.6) is 5.75 Å². The van der Waals surface area contributed by atoms with Crippen LogP contribution < -0.4 is 34.7 Å². The minimum Gasteiger partial charge on any atom is -0.870 e. The maximum atomic E-state index is 11.1. The zero-order valence-corrected chi connectivity index (χ0v) is 12.1. The molecule has 0 N–H and O–H groups in total. The van der Waals surface area contributed by atoms with Gasteiger partial charge in [-0.1, -0.05) is 63.8 Å². The minimum absolute atomic E-state index is 0. The first kappa shape index (κ1) is 14.5. The third-order valence-electron chi connectivity index (χ3n) is 1.17. The molecule has 0 aliphatic heterocycles. The van der Waals surface area contributed by atoms with Gasteiger partial charge in [0.05, 0.1) is 25.1 Å². The molecule has 0 amide bonds. The Labute approximate surface area is 122 Å². The van der Waals surface area contributed by atoms with Crippen LogP contribution in [0, 0.1) is 0 Å². The van der Waals surface area contributed by atoms with Gasteiger partial charge in [0.25, 0.3) is 0 Å². The number of hydrogen-bond donors (Lipinski definition) is 0. The first-order valence-corrected chi connectivity index (χ1v) is 4.54. The summed E-state index contributed by atoms with van der Waals surface area (Å²) >= 11 is 27.7. The largest absolute Gasteiger partial charge is 1.00 e. The summed E-state index contributed by atoms with van der Waals surface area (Å²) in [5.74, 6) is -0.613. The summed E-state index contributed by atoms with van der Waals surface area (Å²) < 4.78 is 0. The van der Waals surface area contributed by atoms with Crippen LogP contribution in [0.1, 0.15) is 0 Å². The Hall–Kier alpha value is 1.47. The van der Waals surface area contributed by atoms with E-state index < -0.39 is 5.75 Å². The van der Waals surface area contributed by atoms with Gasteiger partial charge in [0.1, 0.15) is 0 Å². The number of rotatable bonds is 0. The van der Waals surface area contributed by atoms with Crippen molar-refractivity contribution in [3.63, 3.8) is 0 Å². The van der Waals surface area contributed by atoms with E-state index in [-0.39, 0.29) is 54.7 Å². The fraction of sp³-hybridized carbons (Fsp3) is 0. The van der Waals surface area contributed by atoms with Crippen LogP contribution in [-0.4, -0.2) is 0 Å². The van der Waals surface area contributed by atoms with Crippen molar-refractivity contribution in [2.75, 3.05) is 0 Å². The van der Waals surface area contributed by atoms with Crippen molar-refractivity contribution >= 4 is 58.0 Å². The molecule has 7 heteroatoms. The molecule has 0 bridgehead atoms. The summed E-state index contributed by atoms with van der Waals surface area (Å²) in [4.78, 5) is 0. The van der Waals surface area contributed by atoms with Gasteiger partial charge < -0.3 is 5.11 Å². The van der Waals surface area contributed by atoms with E-state index >= 15 is 0 Å². The quantitative estimate of drug-likeness (QED) is 0.397. The van der Waals surface area contributed by atoms with Gasteiger partial charge in [-0.2, -0.15) is 0 Å². The molecule has 1 aromatic carbocycles. The molecule has 0 saturated heterocycles. The van der Waals surface area contributed by atoms with Crippen molar-refractivity contribution in [3.05, 3.63) is 25.1 Å². The van der Waals surface area contributed by atoms with Crippen LogP contribution in [0.15, 0.2) is 0 Å². The van der Waals surface area contributed by atoms with Crippen molar-refractivity contribution in [3.8, 4) is 5.75 Å². The minimum atomic E-state index is -0.613. The van der Waals surface area contributed by atoms with Crippen molar-refractivity contribution in [2.45, 2.75) is 0 Å². The Bertz CT molecular complexity index is 235. The third-order valence-corrected chi connectivity index (χ3v) is 3.41. The fourth-order valence-electron chi connectivity index (χ4n) is 0.585. The molecule has 0 spiro atoms. The number of halogens is 5. The maximum Gasteiger partial charge on any atom is 1.00 e. The van der Waals surface area contributed by atoms with E-state index in [1.165, 1.54) is 0 Å². The zero-order valence-electron chi connectivity index (χ0n) is 6.30. The van der Waals surface area contributed by atoms with Crippen LogP contribution in [-0.2, 0) is 0 Å². The Morgan fingerprint density at radius 3 is 1.15 bits per heavy atom. The van der Waals surface area contributed by atoms with Gasteiger partial charge in [0, 0.05) is 0 Å². The average Bonchev–Trinajstić information content (AvgIpc) is 2.08. The maximum absolute atomic E-state index is 11.1. The number of benzene rings is 1. The van der Waals surface area contributed by atoms with E-state index in [4.69, 9.17) is 58.0 Å². The zero-order chi connectivity index (χ0) is 9.46. The molecule has 1 nitrogen and oxygen atoms in total. The normalized spacial score (nSPS) is 9.62.